The van der Waals surface area contributed by atoms with Crippen LogP contribution in [0.25, 0.3) is 0 Å². The molecule has 1 aromatic heterocycles. The molecule has 2 N–H and O–H groups in total. The van der Waals surface area contributed by atoms with E-state index in [1.165, 1.54) is 0 Å². The molecule has 0 atom stereocenters. The molecule has 1 heterocycles. The van der Waals surface area contributed by atoms with E-state index in [2.05, 4.69) is 4.98 Å². The monoisotopic (exact) mass is 221 g/mol. The highest BCUT2D eigenvalue weighted by molar-refractivity contribution is 6.31. The van der Waals surface area contributed by atoms with Gasteiger partial charge in [-0.3, -0.25) is 0 Å². The van der Waals surface area contributed by atoms with Gasteiger partial charge in [0.2, 0.25) is 0 Å². The summed E-state index contributed by atoms with van der Waals surface area (Å²) in [6.45, 7) is 1.20. The molecule has 3 nitrogen and oxygen atoms in total. The SMILES string of the molecule is NCc1cn(Cc2ccccc2Cl)cn1. The molecule has 2 aromatic rings. The fraction of sp³-hybridized carbons (Fsp3) is 0.182. The number of halogens is 1. The van der Waals surface area contributed by atoms with E-state index in [1.54, 1.807) is 6.33 Å². The highest BCUT2D eigenvalue weighted by Crippen LogP contribution is 2.16. The summed E-state index contributed by atoms with van der Waals surface area (Å²) in [5, 5.41) is 0.778. The Hall–Kier alpha value is -1.32. The Balaban J connectivity index is 2.18. The van der Waals surface area contributed by atoms with Crippen LogP contribution in [0.1, 0.15) is 11.3 Å². The molecular formula is C11H12ClN3. The fourth-order valence-corrected chi connectivity index (χ4v) is 1.62. The maximum Gasteiger partial charge on any atom is 0.0953 e. The summed E-state index contributed by atoms with van der Waals surface area (Å²) in [5.41, 5.74) is 7.46. The number of hydrogen-bond acceptors (Lipinski definition) is 2. The van der Waals surface area contributed by atoms with E-state index in [1.807, 2.05) is 35.0 Å². The van der Waals surface area contributed by atoms with E-state index in [9.17, 15) is 0 Å². The maximum atomic E-state index is 6.06. The van der Waals surface area contributed by atoms with Crippen molar-refractivity contribution in [3.05, 3.63) is 53.1 Å². The average molecular weight is 222 g/mol. The molecule has 0 aliphatic rings. The third kappa shape index (κ3) is 2.37. The van der Waals surface area contributed by atoms with Crippen LogP contribution in [0.2, 0.25) is 5.02 Å². The zero-order chi connectivity index (χ0) is 10.7. The van der Waals surface area contributed by atoms with Crippen LogP contribution >= 0.6 is 11.6 Å². The Morgan fingerprint density at radius 1 is 1.33 bits per heavy atom. The Morgan fingerprint density at radius 3 is 2.80 bits per heavy atom. The van der Waals surface area contributed by atoms with Gasteiger partial charge >= 0.3 is 0 Å². The molecule has 0 amide bonds. The molecule has 0 saturated carbocycles. The van der Waals surface area contributed by atoms with Crippen LogP contribution in [-0.4, -0.2) is 9.55 Å². The molecule has 0 bridgehead atoms. The summed E-state index contributed by atoms with van der Waals surface area (Å²) in [6.07, 6.45) is 3.70. The molecule has 1 aromatic carbocycles. The first kappa shape index (κ1) is 10.2. The zero-order valence-electron chi connectivity index (χ0n) is 8.23. The van der Waals surface area contributed by atoms with Gasteiger partial charge in [0.15, 0.2) is 0 Å². The van der Waals surface area contributed by atoms with E-state index >= 15 is 0 Å². The Kier molecular flexibility index (Phi) is 3.04. The summed E-state index contributed by atoms with van der Waals surface area (Å²) in [7, 11) is 0. The van der Waals surface area contributed by atoms with Crippen molar-refractivity contribution >= 4 is 11.6 Å². The standard InChI is InChI=1S/C11H12ClN3/c12-11-4-2-1-3-9(11)6-15-7-10(5-13)14-8-15/h1-4,7-8H,5-6,13H2. The van der Waals surface area contributed by atoms with Gasteiger partial charge < -0.3 is 10.3 Å². The van der Waals surface area contributed by atoms with Gasteiger partial charge in [-0.25, -0.2) is 4.98 Å². The zero-order valence-corrected chi connectivity index (χ0v) is 8.98. The Labute approximate surface area is 93.5 Å². The first-order valence-corrected chi connectivity index (χ1v) is 5.11. The van der Waals surface area contributed by atoms with E-state index in [-0.39, 0.29) is 0 Å². The van der Waals surface area contributed by atoms with Crippen LogP contribution in [0.4, 0.5) is 0 Å². The number of benzene rings is 1. The van der Waals surface area contributed by atoms with Crippen LogP contribution in [-0.2, 0) is 13.1 Å². The highest BCUT2D eigenvalue weighted by atomic mass is 35.5. The normalized spacial score (nSPS) is 10.5. The predicted octanol–water partition coefficient (Wildman–Crippen LogP) is 2.04. The minimum atomic E-state index is 0.468. The first-order chi connectivity index (χ1) is 7.29. The van der Waals surface area contributed by atoms with Gasteiger partial charge in [-0.1, -0.05) is 29.8 Å². The predicted molar refractivity (Wildman–Crippen MR) is 60.7 cm³/mol. The molecule has 0 fully saturated rings. The van der Waals surface area contributed by atoms with Crippen molar-refractivity contribution in [2.75, 3.05) is 0 Å². The number of nitrogens with two attached hydrogens (primary N) is 1. The fourth-order valence-electron chi connectivity index (χ4n) is 1.42. The average Bonchev–Trinajstić information content (AvgIpc) is 2.69. The summed E-state index contributed by atoms with van der Waals surface area (Å²) < 4.78 is 1.98. The van der Waals surface area contributed by atoms with Crippen LogP contribution in [0, 0.1) is 0 Å². The van der Waals surface area contributed by atoms with Gasteiger partial charge in [-0.05, 0) is 11.6 Å². The topological polar surface area (TPSA) is 43.8 Å². The minimum Gasteiger partial charge on any atom is -0.333 e. The van der Waals surface area contributed by atoms with Crippen molar-refractivity contribution in [3.63, 3.8) is 0 Å². The van der Waals surface area contributed by atoms with Crippen molar-refractivity contribution in [2.24, 2.45) is 5.73 Å². The van der Waals surface area contributed by atoms with Crippen molar-refractivity contribution in [2.45, 2.75) is 13.1 Å². The summed E-state index contributed by atoms with van der Waals surface area (Å²) in [6, 6.07) is 7.79. The van der Waals surface area contributed by atoms with Gasteiger partial charge in [0, 0.05) is 24.3 Å². The van der Waals surface area contributed by atoms with Gasteiger partial charge in [-0.15, -0.1) is 0 Å². The van der Waals surface area contributed by atoms with E-state index in [4.69, 9.17) is 17.3 Å². The molecule has 0 radical (unpaired) electrons. The van der Waals surface area contributed by atoms with Crippen LogP contribution in [0.3, 0.4) is 0 Å². The Bertz CT molecular complexity index is 451. The molecule has 0 aliphatic carbocycles. The third-order valence-electron chi connectivity index (χ3n) is 2.21. The summed E-state index contributed by atoms with van der Waals surface area (Å²) >= 11 is 6.06. The second-order valence-electron chi connectivity index (χ2n) is 3.33. The largest absolute Gasteiger partial charge is 0.333 e. The third-order valence-corrected chi connectivity index (χ3v) is 2.58. The molecule has 15 heavy (non-hydrogen) atoms. The molecule has 2 rings (SSSR count). The molecule has 4 heteroatoms. The lowest BCUT2D eigenvalue weighted by atomic mass is 10.2. The molecular weight excluding hydrogens is 210 g/mol. The molecule has 0 aliphatic heterocycles. The second-order valence-corrected chi connectivity index (χ2v) is 3.74. The molecule has 0 saturated heterocycles. The second kappa shape index (κ2) is 4.47. The molecule has 0 spiro atoms. The minimum absolute atomic E-state index is 0.468. The number of hydrogen-bond donors (Lipinski definition) is 1. The van der Waals surface area contributed by atoms with Crippen molar-refractivity contribution in [1.29, 1.82) is 0 Å². The lowest BCUT2D eigenvalue weighted by Crippen LogP contribution is -1.98. The lowest BCUT2D eigenvalue weighted by molar-refractivity contribution is 0.796. The summed E-state index contributed by atoms with van der Waals surface area (Å²) in [4.78, 5) is 4.16. The van der Waals surface area contributed by atoms with E-state index in [0.29, 0.717) is 6.54 Å². The smallest absolute Gasteiger partial charge is 0.0953 e. The van der Waals surface area contributed by atoms with E-state index < -0.39 is 0 Å². The lowest BCUT2D eigenvalue weighted by Gasteiger charge is -2.04. The maximum absolute atomic E-state index is 6.06. The van der Waals surface area contributed by atoms with Crippen molar-refractivity contribution < 1.29 is 0 Å². The van der Waals surface area contributed by atoms with Gasteiger partial charge in [0.05, 0.1) is 12.0 Å². The van der Waals surface area contributed by atoms with Crippen molar-refractivity contribution in [1.82, 2.24) is 9.55 Å². The highest BCUT2D eigenvalue weighted by Gasteiger charge is 2.01. The quantitative estimate of drug-likeness (QED) is 0.862. The summed E-state index contributed by atoms with van der Waals surface area (Å²) in [5.74, 6) is 0. The molecule has 78 valence electrons. The number of nitrogens with zero attached hydrogens (tertiary/aromatic N) is 2. The van der Waals surface area contributed by atoms with Crippen molar-refractivity contribution in [3.8, 4) is 0 Å². The molecule has 0 unspecified atom stereocenters. The van der Waals surface area contributed by atoms with Gasteiger partial charge in [0.25, 0.3) is 0 Å². The number of aromatic nitrogens is 2. The first-order valence-electron chi connectivity index (χ1n) is 4.73. The van der Waals surface area contributed by atoms with Gasteiger partial charge in [0.1, 0.15) is 0 Å². The van der Waals surface area contributed by atoms with Crippen LogP contribution < -0.4 is 5.73 Å². The number of rotatable bonds is 3. The van der Waals surface area contributed by atoms with E-state index in [0.717, 1.165) is 22.8 Å². The van der Waals surface area contributed by atoms with Gasteiger partial charge in [-0.2, -0.15) is 0 Å². The van der Waals surface area contributed by atoms with Crippen LogP contribution in [0.5, 0.6) is 0 Å². The van der Waals surface area contributed by atoms with Crippen LogP contribution in [0.15, 0.2) is 36.8 Å². The Morgan fingerprint density at radius 2 is 2.13 bits per heavy atom. The number of imidazole rings is 1.